The van der Waals surface area contributed by atoms with Crippen molar-refractivity contribution in [2.75, 3.05) is 47.0 Å². The highest BCUT2D eigenvalue weighted by atomic mass is 16.6. The van der Waals surface area contributed by atoms with Crippen LogP contribution >= 0.6 is 0 Å². The molecule has 1 aromatic rings. The van der Waals surface area contributed by atoms with Crippen LogP contribution in [0.15, 0.2) is 24.3 Å². The van der Waals surface area contributed by atoms with Gasteiger partial charge in [0.2, 0.25) is 0 Å². The summed E-state index contributed by atoms with van der Waals surface area (Å²) in [6.07, 6.45) is 2.52. The van der Waals surface area contributed by atoms with E-state index in [4.69, 9.17) is 14.2 Å². The Labute approximate surface area is 158 Å². The Balaban J connectivity index is 1.60. The van der Waals surface area contributed by atoms with Gasteiger partial charge in [0.25, 0.3) is 0 Å². The molecule has 2 heterocycles. The first-order chi connectivity index (χ1) is 12.5. The van der Waals surface area contributed by atoms with E-state index in [2.05, 4.69) is 42.8 Å². The van der Waals surface area contributed by atoms with Gasteiger partial charge in [-0.15, -0.1) is 0 Å². The molecule has 2 unspecified atom stereocenters. The van der Waals surface area contributed by atoms with Crippen molar-refractivity contribution in [3.63, 3.8) is 0 Å². The van der Waals surface area contributed by atoms with Gasteiger partial charge in [0.15, 0.2) is 0 Å². The molecule has 26 heavy (non-hydrogen) atoms. The summed E-state index contributed by atoms with van der Waals surface area (Å²) in [5.41, 5.74) is 1.16. The molecule has 5 nitrogen and oxygen atoms in total. The number of hydrogen-bond acceptors (Lipinski definition) is 5. The summed E-state index contributed by atoms with van der Waals surface area (Å²) in [6.45, 7) is 9.78. The molecule has 146 valence electrons. The Morgan fingerprint density at radius 3 is 2.77 bits per heavy atom. The van der Waals surface area contributed by atoms with E-state index in [0.717, 1.165) is 51.4 Å². The topological polar surface area (TPSA) is 34.2 Å². The smallest absolute Gasteiger partial charge is 0.118 e. The molecule has 0 radical (unpaired) electrons. The van der Waals surface area contributed by atoms with Gasteiger partial charge in [0.05, 0.1) is 26.4 Å². The van der Waals surface area contributed by atoms with Gasteiger partial charge in [-0.1, -0.05) is 12.1 Å². The average molecular weight is 363 g/mol. The van der Waals surface area contributed by atoms with E-state index in [-0.39, 0.29) is 5.60 Å². The quantitative estimate of drug-likeness (QED) is 0.777. The maximum Gasteiger partial charge on any atom is 0.118 e. The summed E-state index contributed by atoms with van der Waals surface area (Å²) < 4.78 is 17.8. The second kappa shape index (κ2) is 8.70. The van der Waals surface area contributed by atoms with Crippen LogP contribution in [0.1, 0.15) is 32.3 Å². The molecule has 1 spiro atoms. The lowest BCUT2D eigenvalue weighted by Gasteiger charge is -2.33. The summed E-state index contributed by atoms with van der Waals surface area (Å²) in [7, 11) is 3.88. The van der Waals surface area contributed by atoms with Gasteiger partial charge in [-0.2, -0.15) is 0 Å². The second-order valence-electron chi connectivity index (χ2n) is 8.11. The van der Waals surface area contributed by atoms with Crippen molar-refractivity contribution >= 4 is 0 Å². The van der Waals surface area contributed by atoms with Crippen LogP contribution in [0.25, 0.3) is 0 Å². The molecule has 5 heteroatoms. The largest absolute Gasteiger partial charge is 0.497 e. The number of hydrogen-bond donors (Lipinski definition) is 0. The maximum absolute atomic E-state index is 6.57. The Morgan fingerprint density at radius 1 is 1.31 bits per heavy atom. The third-order valence-electron chi connectivity index (χ3n) is 5.71. The van der Waals surface area contributed by atoms with E-state index in [1.54, 1.807) is 7.11 Å². The molecule has 3 rings (SSSR count). The van der Waals surface area contributed by atoms with Gasteiger partial charge < -0.3 is 19.1 Å². The lowest BCUT2D eigenvalue weighted by atomic mass is 9.99. The van der Waals surface area contributed by atoms with E-state index < -0.39 is 0 Å². The van der Waals surface area contributed by atoms with Crippen molar-refractivity contribution in [3.05, 3.63) is 29.8 Å². The molecule has 0 N–H and O–H groups in total. The fourth-order valence-electron chi connectivity index (χ4n) is 3.89. The van der Waals surface area contributed by atoms with Gasteiger partial charge in [-0.3, -0.25) is 4.90 Å². The molecular weight excluding hydrogens is 328 g/mol. The summed E-state index contributed by atoms with van der Waals surface area (Å²) in [5, 5.41) is 0. The molecule has 2 fully saturated rings. The van der Waals surface area contributed by atoms with Crippen LogP contribution in [-0.4, -0.2) is 74.6 Å². The number of rotatable bonds is 6. The predicted molar refractivity (Wildman–Crippen MR) is 104 cm³/mol. The lowest BCUT2D eigenvalue weighted by molar-refractivity contribution is -0.0924. The SMILES string of the molecule is COc1ccc(CN2CCOCC3(CCC(CN(C)C(C)C)O3)C2)cc1. The van der Waals surface area contributed by atoms with Gasteiger partial charge in [-0.25, -0.2) is 0 Å². The minimum Gasteiger partial charge on any atom is -0.497 e. The molecule has 2 aliphatic heterocycles. The first kappa shape index (κ1) is 19.6. The molecule has 1 aromatic carbocycles. The number of ether oxygens (including phenoxy) is 3. The number of methoxy groups -OCH3 is 1. The Kier molecular flexibility index (Phi) is 6.56. The van der Waals surface area contributed by atoms with Crippen LogP contribution in [0.3, 0.4) is 0 Å². The van der Waals surface area contributed by atoms with Gasteiger partial charge in [0.1, 0.15) is 11.4 Å². The standard InChI is InChI=1S/C21H34N2O3/c1-17(2)22(3)14-20-9-10-21(26-20)15-23(11-12-25-16-21)13-18-5-7-19(24-4)8-6-18/h5-8,17,20H,9-16H2,1-4H3. The summed E-state index contributed by atoms with van der Waals surface area (Å²) in [4.78, 5) is 4.85. The van der Waals surface area contributed by atoms with Crippen molar-refractivity contribution in [1.82, 2.24) is 9.80 Å². The fraction of sp³-hybridized carbons (Fsp3) is 0.714. The highest BCUT2D eigenvalue weighted by Gasteiger charge is 2.43. The number of benzene rings is 1. The van der Waals surface area contributed by atoms with Gasteiger partial charge >= 0.3 is 0 Å². The van der Waals surface area contributed by atoms with Gasteiger partial charge in [-0.05, 0) is 51.4 Å². The number of nitrogens with zero attached hydrogens (tertiary/aromatic N) is 2. The molecule has 2 aliphatic rings. The molecule has 2 saturated heterocycles. The van der Waals surface area contributed by atoms with Crippen LogP contribution in [0, 0.1) is 0 Å². The second-order valence-corrected chi connectivity index (χ2v) is 8.11. The Morgan fingerprint density at radius 2 is 2.08 bits per heavy atom. The third kappa shape index (κ3) is 4.97. The molecule has 0 amide bonds. The van der Waals surface area contributed by atoms with Crippen molar-refractivity contribution in [3.8, 4) is 5.75 Å². The molecular formula is C21H34N2O3. The van der Waals surface area contributed by atoms with Crippen molar-refractivity contribution < 1.29 is 14.2 Å². The summed E-state index contributed by atoms with van der Waals surface area (Å²) >= 11 is 0. The Hall–Kier alpha value is -1.14. The van der Waals surface area contributed by atoms with E-state index >= 15 is 0 Å². The van der Waals surface area contributed by atoms with E-state index in [0.29, 0.717) is 18.8 Å². The van der Waals surface area contributed by atoms with Gasteiger partial charge in [0, 0.05) is 32.2 Å². The highest BCUT2D eigenvalue weighted by molar-refractivity contribution is 5.27. The zero-order chi connectivity index (χ0) is 18.6. The molecule has 0 aromatic heterocycles. The number of likely N-dealkylation sites (N-methyl/N-ethyl adjacent to an activating group) is 1. The van der Waals surface area contributed by atoms with E-state index in [1.807, 2.05) is 12.1 Å². The summed E-state index contributed by atoms with van der Waals surface area (Å²) in [6, 6.07) is 8.90. The minimum absolute atomic E-state index is 0.147. The summed E-state index contributed by atoms with van der Waals surface area (Å²) in [5.74, 6) is 0.903. The molecule has 0 bridgehead atoms. The minimum atomic E-state index is -0.147. The molecule has 0 aliphatic carbocycles. The zero-order valence-electron chi connectivity index (χ0n) is 16.7. The van der Waals surface area contributed by atoms with Crippen LogP contribution in [0.5, 0.6) is 5.75 Å². The molecule has 0 saturated carbocycles. The van der Waals surface area contributed by atoms with Crippen LogP contribution in [0.2, 0.25) is 0 Å². The Bertz CT molecular complexity index is 563. The van der Waals surface area contributed by atoms with Crippen LogP contribution in [0.4, 0.5) is 0 Å². The first-order valence-electron chi connectivity index (χ1n) is 9.81. The van der Waals surface area contributed by atoms with Crippen molar-refractivity contribution in [2.24, 2.45) is 0 Å². The monoisotopic (exact) mass is 362 g/mol. The first-order valence-corrected chi connectivity index (χ1v) is 9.81. The van der Waals surface area contributed by atoms with Crippen LogP contribution < -0.4 is 4.74 Å². The average Bonchev–Trinajstić information content (AvgIpc) is 2.90. The lowest BCUT2D eigenvalue weighted by Crippen LogP contribution is -2.45. The zero-order valence-corrected chi connectivity index (χ0v) is 16.7. The fourth-order valence-corrected chi connectivity index (χ4v) is 3.89. The normalized spacial score (nSPS) is 27.4. The third-order valence-corrected chi connectivity index (χ3v) is 5.71. The predicted octanol–water partition coefficient (Wildman–Crippen LogP) is 2.79. The van der Waals surface area contributed by atoms with E-state index in [9.17, 15) is 0 Å². The van der Waals surface area contributed by atoms with Crippen LogP contribution in [-0.2, 0) is 16.0 Å². The maximum atomic E-state index is 6.57. The van der Waals surface area contributed by atoms with E-state index in [1.165, 1.54) is 5.56 Å². The highest BCUT2D eigenvalue weighted by Crippen LogP contribution is 2.34. The van der Waals surface area contributed by atoms with Crippen molar-refractivity contribution in [2.45, 2.75) is 51.0 Å². The van der Waals surface area contributed by atoms with Crippen molar-refractivity contribution in [1.29, 1.82) is 0 Å². The molecule has 2 atom stereocenters.